The minimum Gasteiger partial charge on any atom is -0.338 e. The molecule has 4 rings (SSSR count). The highest BCUT2D eigenvalue weighted by Crippen LogP contribution is 2.32. The quantitative estimate of drug-likeness (QED) is 0.721. The maximum atomic E-state index is 13.3. The van der Waals surface area contributed by atoms with Crippen molar-refractivity contribution in [1.29, 1.82) is 0 Å². The SMILES string of the molecule is O=C(c1ccc(Cl)cc1)N1CCCC(C(=O)N(Cc2ccc(F)cc2)C2CC2)C1. The molecule has 0 spiro atoms. The molecule has 29 heavy (non-hydrogen) atoms. The highest BCUT2D eigenvalue weighted by Gasteiger charge is 2.38. The highest BCUT2D eigenvalue weighted by molar-refractivity contribution is 6.30. The third-order valence-corrected chi connectivity index (χ3v) is 5.94. The lowest BCUT2D eigenvalue weighted by atomic mass is 9.95. The van der Waals surface area contributed by atoms with Crippen molar-refractivity contribution >= 4 is 23.4 Å². The van der Waals surface area contributed by atoms with Crippen molar-refractivity contribution in [1.82, 2.24) is 9.80 Å². The summed E-state index contributed by atoms with van der Waals surface area (Å²) >= 11 is 5.92. The maximum absolute atomic E-state index is 13.3. The first kappa shape index (κ1) is 19.9. The molecule has 2 aliphatic rings. The minimum atomic E-state index is -0.276. The molecule has 0 N–H and O–H groups in total. The molecule has 4 nitrogen and oxygen atoms in total. The third-order valence-electron chi connectivity index (χ3n) is 5.69. The number of amides is 2. The summed E-state index contributed by atoms with van der Waals surface area (Å²) in [5.41, 5.74) is 1.52. The van der Waals surface area contributed by atoms with E-state index >= 15 is 0 Å². The molecule has 1 unspecified atom stereocenters. The number of hydrogen-bond donors (Lipinski definition) is 0. The molecule has 2 aromatic carbocycles. The second-order valence-electron chi connectivity index (χ2n) is 7.92. The van der Waals surface area contributed by atoms with Gasteiger partial charge < -0.3 is 9.80 Å². The number of nitrogens with zero attached hydrogens (tertiary/aromatic N) is 2. The fraction of sp³-hybridized carbons (Fsp3) is 0.391. The first-order chi connectivity index (χ1) is 14.0. The van der Waals surface area contributed by atoms with Crippen LogP contribution in [0.15, 0.2) is 48.5 Å². The van der Waals surface area contributed by atoms with E-state index in [2.05, 4.69) is 0 Å². The monoisotopic (exact) mass is 414 g/mol. The average Bonchev–Trinajstić information content (AvgIpc) is 3.58. The topological polar surface area (TPSA) is 40.6 Å². The van der Waals surface area contributed by atoms with Crippen molar-refractivity contribution in [3.05, 3.63) is 70.5 Å². The average molecular weight is 415 g/mol. The van der Waals surface area contributed by atoms with Crippen molar-refractivity contribution in [3.63, 3.8) is 0 Å². The number of carbonyl (C=O) groups is 2. The van der Waals surface area contributed by atoms with Crippen LogP contribution in [0.25, 0.3) is 0 Å². The summed E-state index contributed by atoms with van der Waals surface area (Å²) in [6.45, 7) is 1.59. The van der Waals surface area contributed by atoms with Gasteiger partial charge in [0.1, 0.15) is 5.82 Å². The molecule has 1 saturated heterocycles. The molecule has 1 aliphatic carbocycles. The molecule has 0 bridgehead atoms. The van der Waals surface area contributed by atoms with Crippen LogP contribution in [-0.2, 0) is 11.3 Å². The van der Waals surface area contributed by atoms with Gasteiger partial charge in [-0.25, -0.2) is 4.39 Å². The van der Waals surface area contributed by atoms with E-state index in [9.17, 15) is 14.0 Å². The number of piperidine rings is 1. The van der Waals surface area contributed by atoms with Crippen LogP contribution in [0.4, 0.5) is 4.39 Å². The molecule has 6 heteroatoms. The van der Waals surface area contributed by atoms with Crippen LogP contribution in [0.1, 0.15) is 41.6 Å². The number of likely N-dealkylation sites (tertiary alicyclic amines) is 1. The van der Waals surface area contributed by atoms with E-state index in [1.54, 1.807) is 41.3 Å². The van der Waals surface area contributed by atoms with Crippen molar-refractivity contribution in [3.8, 4) is 0 Å². The molecule has 1 atom stereocenters. The Bertz CT molecular complexity index is 881. The van der Waals surface area contributed by atoms with Gasteiger partial charge >= 0.3 is 0 Å². The lowest BCUT2D eigenvalue weighted by Crippen LogP contribution is -2.47. The largest absolute Gasteiger partial charge is 0.338 e. The van der Waals surface area contributed by atoms with Crippen molar-refractivity contribution in [2.24, 2.45) is 5.92 Å². The Balaban J connectivity index is 1.44. The second-order valence-corrected chi connectivity index (χ2v) is 8.36. The summed E-state index contributed by atoms with van der Waals surface area (Å²) in [4.78, 5) is 29.8. The summed E-state index contributed by atoms with van der Waals surface area (Å²) in [5.74, 6) is -0.427. The smallest absolute Gasteiger partial charge is 0.253 e. The molecular formula is C23H24ClFN2O2. The summed E-state index contributed by atoms with van der Waals surface area (Å²) in [7, 11) is 0. The fourth-order valence-corrected chi connectivity index (χ4v) is 4.06. The zero-order valence-electron chi connectivity index (χ0n) is 16.2. The molecule has 152 valence electrons. The van der Waals surface area contributed by atoms with Gasteiger partial charge in [-0.3, -0.25) is 9.59 Å². The van der Waals surface area contributed by atoms with Gasteiger partial charge in [-0.1, -0.05) is 23.7 Å². The van der Waals surface area contributed by atoms with E-state index in [1.165, 1.54) is 12.1 Å². The Morgan fingerprint density at radius 2 is 1.72 bits per heavy atom. The molecule has 2 amide bonds. The molecule has 1 aliphatic heterocycles. The Kier molecular flexibility index (Phi) is 5.86. The van der Waals surface area contributed by atoms with Gasteiger partial charge in [-0.15, -0.1) is 0 Å². The molecule has 2 aromatic rings. The summed E-state index contributed by atoms with van der Waals surface area (Å²) in [5, 5.41) is 0.592. The number of rotatable bonds is 5. The predicted octanol–water partition coefficient (Wildman–Crippen LogP) is 4.52. The number of halogens is 2. The van der Waals surface area contributed by atoms with Crippen LogP contribution in [0.2, 0.25) is 5.02 Å². The van der Waals surface area contributed by atoms with Crippen LogP contribution >= 0.6 is 11.6 Å². The molecular weight excluding hydrogens is 391 g/mol. The lowest BCUT2D eigenvalue weighted by molar-refractivity contribution is -0.138. The highest BCUT2D eigenvalue weighted by atomic mass is 35.5. The van der Waals surface area contributed by atoms with Crippen LogP contribution in [0, 0.1) is 11.7 Å². The zero-order chi connectivity index (χ0) is 20.4. The van der Waals surface area contributed by atoms with E-state index in [4.69, 9.17) is 11.6 Å². The fourth-order valence-electron chi connectivity index (χ4n) is 3.93. The maximum Gasteiger partial charge on any atom is 0.253 e. The summed E-state index contributed by atoms with van der Waals surface area (Å²) in [6, 6.07) is 13.4. The standard InChI is InChI=1S/C23H24ClFN2O2/c24-19-7-5-17(6-8-19)22(28)26-13-1-2-18(15-26)23(29)27(21-11-12-21)14-16-3-9-20(25)10-4-16/h3-10,18,21H,1-2,11-15H2. The molecule has 1 heterocycles. The first-order valence-corrected chi connectivity index (χ1v) is 10.5. The molecule has 0 radical (unpaired) electrons. The number of hydrogen-bond acceptors (Lipinski definition) is 2. The van der Waals surface area contributed by atoms with Gasteiger partial charge in [-0.05, 0) is 67.6 Å². The normalized spacial score (nSPS) is 19.1. The molecule has 1 saturated carbocycles. The Morgan fingerprint density at radius 1 is 1.03 bits per heavy atom. The van der Waals surface area contributed by atoms with E-state index in [1.807, 2.05) is 4.90 Å². The first-order valence-electron chi connectivity index (χ1n) is 10.1. The Morgan fingerprint density at radius 3 is 2.38 bits per heavy atom. The van der Waals surface area contributed by atoms with Crippen molar-refractivity contribution in [2.45, 2.75) is 38.3 Å². The van der Waals surface area contributed by atoms with Gasteiger partial charge in [0.15, 0.2) is 0 Å². The van der Waals surface area contributed by atoms with Crippen LogP contribution in [0.5, 0.6) is 0 Å². The molecule has 2 fully saturated rings. The van der Waals surface area contributed by atoms with Gasteiger partial charge in [0, 0.05) is 36.3 Å². The van der Waals surface area contributed by atoms with Crippen molar-refractivity contribution < 1.29 is 14.0 Å². The van der Waals surface area contributed by atoms with Crippen LogP contribution in [-0.4, -0.2) is 40.7 Å². The van der Waals surface area contributed by atoms with Gasteiger partial charge in [0.25, 0.3) is 5.91 Å². The van der Waals surface area contributed by atoms with E-state index in [0.717, 1.165) is 31.2 Å². The van der Waals surface area contributed by atoms with Crippen molar-refractivity contribution in [2.75, 3.05) is 13.1 Å². The van der Waals surface area contributed by atoms with E-state index in [-0.39, 0.29) is 29.6 Å². The van der Waals surface area contributed by atoms with Crippen LogP contribution in [0.3, 0.4) is 0 Å². The second kappa shape index (κ2) is 8.54. The lowest BCUT2D eigenvalue weighted by Gasteiger charge is -2.35. The van der Waals surface area contributed by atoms with Gasteiger partial charge in [-0.2, -0.15) is 0 Å². The van der Waals surface area contributed by atoms with E-state index < -0.39 is 0 Å². The number of benzene rings is 2. The number of carbonyl (C=O) groups excluding carboxylic acids is 2. The van der Waals surface area contributed by atoms with E-state index in [0.29, 0.717) is 30.2 Å². The minimum absolute atomic E-state index is 0.0596. The zero-order valence-corrected chi connectivity index (χ0v) is 16.9. The third kappa shape index (κ3) is 4.78. The van der Waals surface area contributed by atoms with Crippen LogP contribution < -0.4 is 0 Å². The Hall–Kier alpha value is -2.40. The van der Waals surface area contributed by atoms with Gasteiger partial charge in [0.05, 0.1) is 5.92 Å². The van der Waals surface area contributed by atoms with Gasteiger partial charge in [0.2, 0.25) is 5.91 Å². The predicted molar refractivity (Wildman–Crippen MR) is 110 cm³/mol. The summed E-state index contributed by atoms with van der Waals surface area (Å²) in [6.07, 6.45) is 3.61. The molecule has 0 aromatic heterocycles. The summed E-state index contributed by atoms with van der Waals surface area (Å²) < 4.78 is 13.2. The Labute approximate surface area is 175 Å².